The summed E-state index contributed by atoms with van der Waals surface area (Å²) >= 11 is 0. The van der Waals surface area contributed by atoms with Gasteiger partial charge in [-0.1, -0.05) is 36.4 Å². The number of nitrogens with two attached hydrogens (primary N) is 1. The molecule has 5 rings (SSSR count). The second-order valence-electron chi connectivity index (χ2n) is 9.61. The maximum Gasteiger partial charge on any atom is 0.274 e. The van der Waals surface area contributed by atoms with E-state index in [0.717, 1.165) is 35.8 Å². The van der Waals surface area contributed by atoms with Crippen LogP contribution >= 0.6 is 0 Å². The maximum absolute atomic E-state index is 13.3. The van der Waals surface area contributed by atoms with E-state index in [1.54, 1.807) is 6.07 Å². The number of nitrogen functional groups attached to an aromatic ring is 1. The number of benzene rings is 3. The third-order valence-corrected chi connectivity index (χ3v) is 6.69. The Morgan fingerprint density at radius 1 is 1.03 bits per heavy atom. The lowest BCUT2D eigenvalue weighted by molar-refractivity contribution is 0.0925. The zero-order chi connectivity index (χ0) is 26.6. The van der Waals surface area contributed by atoms with Gasteiger partial charge in [-0.25, -0.2) is 9.97 Å². The molecule has 0 spiro atoms. The number of hydrogen-bond acceptors (Lipinski definition) is 7. The fourth-order valence-electron chi connectivity index (χ4n) is 4.76. The highest BCUT2D eigenvalue weighted by atomic mass is 16.2. The SMILES string of the molecule is CN(C)c1ccc(C(=O)Nc2cccc(-c3cnc(N)c(C(=O)N[C@H]4CCCNC4)n3)c2)c2ccccc12. The molecule has 1 aliphatic rings. The van der Waals surface area contributed by atoms with Crippen molar-refractivity contribution in [2.24, 2.45) is 0 Å². The van der Waals surface area contributed by atoms with Crippen LogP contribution in [0.5, 0.6) is 0 Å². The molecule has 0 aliphatic carbocycles. The summed E-state index contributed by atoms with van der Waals surface area (Å²) in [7, 11) is 3.96. The fraction of sp³-hybridized carbons (Fsp3) is 0.241. The number of fused-ring (bicyclic) bond motifs is 1. The predicted molar refractivity (Wildman–Crippen MR) is 151 cm³/mol. The quantitative estimate of drug-likeness (QED) is 0.312. The number of rotatable bonds is 6. The van der Waals surface area contributed by atoms with Crippen molar-refractivity contribution in [1.82, 2.24) is 20.6 Å². The summed E-state index contributed by atoms with van der Waals surface area (Å²) in [5.41, 5.74) is 9.51. The van der Waals surface area contributed by atoms with Crippen LogP contribution in [0.2, 0.25) is 0 Å². The van der Waals surface area contributed by atoms with E-state index in [0.29, 0.717) is 29.1 Å². The molecule has 1 fully saturated rings. The first kappa shape index (κ1) is 25.2. The van der Waals surface area contributed by atoms with Crippen molar-refractivity contribution < 1.29 is 9.59 Å². The Morgan fingerprint density at radius 2 is 1.84 bits per heavy atom. The first-order valence-electron chi connectivity index (χ1n) is 12.7. The van der Waals surface area contributed by atoms with Gasteiger partial charge in [-0.2, -0.15) is 0 Å². The lowest BCUT2D eigenvalue weighted by Crippen LogP contribution is -2.46. The van der Waals surface area contributed by atoms with E-state index < -0.39 is 0 Å². The number of hydrogen-bond donors (Lipinski definition) is 4. The second-order valence-corrected chi connectivity index (χ2v) is 9.61. The number of carbonyl (C=O) groups excluding carboxylic acids is 2. The number of nitrogens with zero attached hydrogens (tertiary/aromatic N) is 3. The van der Waals surface area contributed by atoms with Crippen LogP contribution in [-0.2, 0) is 0 Å². The molecule has 1 saturated heterocycles. The van der Waals surface area contributed by atoms with Gasteiger partial charge < -0.3 is 26.6 Å². The highest BCUT2D eigenvalue weighted by molar-refractivity contribution is 6.15. The van der Waals surface area contributed by atoms with Gasteiger partial charge >= 0.3 is 0 Å². The molecule has 1 atom stereocenters. The van der Waals surface area contributed by atoms with Gasteiger partial charge in [-0.3, -0.25) is 9.59 Å². The molecule has 0 bridgehead atoms. The lowest BCUT2D eigenvalue weighted by atomic mass is 10.0. The highest BCUT2D eigenvalue weighted by Crippen LogP contribution is 2.29. The Bertz CT molecular complexity index is 1500. The molecule has 194 valence electrons. The molecule has 3 aromatic carbocycles. The van der Waals surface area contributed by atoms with Gasteiger partial charge in [0, 0.05) is 54.6 Å². The molecule has 2 heterocycles. The van der Waals surface area contributed by atoms with Crippen molar-refractivity contribution in [3.05, 3.63) is 78.1 Å². The van der Waals surface area contributed by atoms with Crippen molar-refractivity contribution in [2.45, 2.75) is 18.9 Å². The van der Waals surface area contributed by atoms with Crippen LogP contribution in [-0.4, -0.2) is 55.0 Å². The van der Waals surface area contributed by atoms with Gasteiger partial charge in [0.1, 0.15) is 0 Å². The molecular weight excluding hydrogens is 478 g/mol. The third kappa shape index (κ3) is 5.28. The largest absolute Gasteiger partial charge is 0.382 e. The Hall–Kier alpha value is -4.50. The number of amides is 2. The monoisotopic (exact) mass is 509 g/mol. The predicted octanol–water partition coefficient (Wildman–Crippen LogP) is 3.68. The van der Waals surface area contributed by atoms with Crippen LogP contribution in [0.1, 0.15) is 33.7 Å². The normalized spacial score (nSPS) is 15.2. The van der Waals surface area contributed by atoms with E-state index in [-0.39, 0.29) is 29.4 Å². The Labute approximate surface area is 221 Å². The van der Waals surface area contributed by atoms with Crippen LogP contribution < -0.4 is 26.6 Å². The van der Waals surface area contributed by atoms with Crippen LogP contribution in [0.4, 0.5) is 17.2 Å². The molecule has 1 aromatic heterocycles. The summed E-state index contributed by atoms with van der Waals surface area (Å²) in [4.78, 5) is 36.9. The fourth-order valence-corrected chi connectivity index (χ4v) is 4.76. The van der Waals surface area contributed by atoms with Crippen molar-refractivity contribution in [2.75, 3.05) is 43.1 Å². The van der Waals surface area contributed by atoms with Gasteiger partial charge in [0.05, 0.1) is 11.9 Å². The zero-order valence-corrected chi connectivity index (χ0v) is 21.5. The van der Waals surface area contributed by atoms with E-state index in [2.05, 4.69) is 25.9 Å². The molecule has 9 heteroatoms. The molecule has 38 heavy (non-hydrogen) atoms. The molecule has 1 aliphatic heterocycles. The van der Waals surface area contributed by atoms with Crippen molar-refractivity contribution >= 4 is 39.8 Å². The molecule has 0 unspecified atom stereocenters. The summed E-state index contributed by atoms with van der Waals surface area (Å²) < 4.78 is 0. The summed E-state index contributed by atoms with van der Waals surface area (Å²) in [6, 6.07) is 19.0. The molecular formula is C29H31N7O2. The Morgan fingerprint density at radius 3 is 2.61 bits per heavy atom. The third-order valence-electron chi connectivity index (χ3n) is 6.69. The summed E-state index contributed by atoms with van der Waals surface area (Å²) in [6.07, 6.45) is 3.43. The number of piperidine rings is 1. The van der Waals surface area contributed by atoms with Crippen molar-refractivity contribution in [3.8, 4) is 11.3 Å². The molecule has 9 nitrogen and oxygen atoms in total. The van der Waals surface area contributed by atoms with E-state index in [1.807, 2.05) is 73.6 Å². The minimum Gasteiger partial charge on any atom is -0.382 e. The lowest BCUT2D eigenvalue weighted by Gasteiger charge is -2.23. The van der Waals surface area contributed by atoms with E-state index in [9.17, 15) is 9.59 Å². The summed E-state index contributed by atoms with van der Waals surface area (Å²) in [5, 5.41) is 11.1. The number of anilines is 3. The van der Waals surface area contributed by atoms with Crippen molar-refractivity contribution in [1.29, 1.82) is 0 Å². The van der Waals surface area contributed by atoms with Gasteiger partial charge in [-0.05, 0) is 49.0 Å². The van der Waals surface area contributed by atoms with Crippen LogP contribution in [0, 0.1) is 0 Å². The van der Waals surface area contributed by atoms with Crippen LogP contribution in [0.15, 0.2) is 66.9 Å². The van der Waals surface area contributed by atoms with Crippen LogP contribution in [0.3, 0.4) is 0 Å². The van der Waals surface area contributed by atoms with E-state index in [1.165, 1.54) is 6.20 Å². The number of aromatic nitrogens is 2. The first-order valence-corrected chi connectivity index (χ1v) is 12.7. The Kier molecular flexibility index (Phi) is 7.19. The zero-order valence-electron chi connectivity index (χ0n) is 21.5. The van der Waals surface area contributed by atoms with E-state index in [4.69, 9.17) is 5.73 Å². The second kappa shape index (κ2) is 10.9. The molecule has 4 aromatic rings. The topological polar surface area (TPSA) is 125 Å². The Balaban J connectivity index is 1.38. The van der Waals surface area contributed by atoms with Gasteiger partial charge in [-0.15, -0.1) is 0 Å². The number of nitrogens with one attached hydrogen (secondary N) is 3. The van der Waals surface area contributed by atoms with Gasteiger partial charge in [0.15, 0.2) is 11.5 Å². The molecule has 5 N–H and O–H groups in total. The smallest absolute Gasteiger partial charge is 0.274 e. The molecule has 0 radical (unpaired) electrons. The average molecular weight is 510 g/mol. The minimum atomic E-state index is -0.344. The average Bonchev–Trinajstić information content (AvgIpc) is 2.93. The van der Waals surface area contributed by atoms with Crippen LogP contribution in [0.25, 0.3) is 22.0 Å². The minimum absolute atomic E-state index is 0.0301. The van der Waals surface area contributed by atoms with E-state index >= 15 is 0 Å². The first-order chi connectivity index (χ1) is 18.4. The van der Waals surface area contributed by atoms with Gasteiger partial charge in [0.25, 0.3) is 11.8 Å². The maximum atomic E-state index is 13.3. The molecule has 0 saturated carbocycles. The standard InChI is InChI=1S/C29H31N7O2/c1-36(2)25-13-12-23(21-10-3-4-11-22(21)25)28(37)33-19-8-5-7-18(15-19)24-17-32-27(30)26(35-24)29(38)34-20-9-6-14-31-16-20/h3-5,7-8,10-13,15,17,20,31H,6,9,14,16H2,1-2H3,(H2,30,32)(H,33,37)(H,34,38)/t20-/m0/s1. The molecule has 2 amide bonds. The number of carbonyl (C=O) groups is 2. The summed E-state index contributed by atoms with van der Waals surface area (Å²) in [6.45, 7) is 1.67. The summed E-state index contributed by atoms with van der Waals surface area (Å²) in [5.74, 6) is -0.483. The highest BCUT2D eigenvalue weighted by Gasteiger charge is 2.20. The van der Waals surface area contributed by atoms with Crippen molar-refractivity contribution in [3.63, 3.8) is 0 Å². The van der Waals surface area contributed by atoms with Gasteiger partial charge in [0.2, 0.25) is 0 Å².